The first kappa shape index (κ1) is 29.4. The number of methoxy groups -OCH3 is 1. The molecule has 3 rings (SSSR count). The number of ether oxygens (including phenoxy) is 2. The van der Waals surface area contributed by atoms with Gasteiger partial charge in [-0.05, 0) is 43.7 Å². The number of nitrogens with one attached hydrogen (secondary N) is 1. The molecule has 4 atom stereocenters. The van der Waals surface area contributed by atoms with Crippen molar-refractivity contribution in [1.29, 1.82) is 0 Å². The third-order valence-electron chi connectivity index (χ3n) is 5.73. The van der Waals surface area contributed by atoms with Gasteiger partial charge >= 0.3 is 5.97 Å². The van der Waals surface area contributed by atoms with E-state index in [0.29, 0.717) is 10.9 Å². The Balaban J connectivity index is 1.92. The van der Waals surface area contributed by atoms with Crippen molar-refractivity contribution >= 4 is 35.7 Å². The van der Waals surface area contributed by atoms with Crippen LogP contribution >= 0.6 is 7.92 Å². The maximum Gasteiger partial charge on any atom is 0.338 e. The van der Waals surface area contributed by atoms with Crippen LogP contribution in [0.15, 0.2) is 78.9 Å². The molecule has 38 heavy (non-hydrogen) atoms. The summed E-state index contributed by atoms with van der Waals surface area (Å²) in [5, 5.41) is 44.4. The number of aliphatic hydroxyl groups is 4. The molecule has 0 heterocycles. The van der Waals surface area contributed by atoms with Crippen molar-refractivity contribution < 1.29 is 39.5 Å². The first-order chi connectivity index (χ1) is 18.3. The maximum atomic E-state index is 13.1. The van der Waals surface area contributed by atoms with Gasteiger partial charge in [-0.1, -0.05) is 60.7 Å². The van der Waals surface area contributed by atoms with Gasteiger partial charge in [0.15, 0.2) is 6.29 Å². The minimum atomic E-state index is -1.56. The summed E-state index contributed by atoms with van der Waals surface area (Å²) < 4.78 is 10.0. The number of aliphatic hydroxyl groups excluding tert-OH is 4. The average Bonchev–Trinajstić information content (AvgIpc) is 2.94. The summed E-state index contributed by atoms with van der Waals surface area (Å²) in [6, 6.07) is 24.0. The van der Waals surface area contributed by atoms with Crippen LogP contribution in [-0.2, 0) is 9.47 Å². The molecular formula is C28H32NO8P. The van der Waals surface area contributed by atoms with Crippen molar-refractivity contribution in [2.75, 3.05) is 20.3 Å². The van der Waals surface area contributed by atoms with E-state index in [-0.39, 0.29) is 12.1 Å². The van der Waals surface area contributed by atoms with Crippen LogP contribution in [0.2, 0.25) is 0 Å². The van der Waals surface area contributed by atoms with E-state index in [9.17, 15) is 30.0 Å². The van der Waals surface area contributed by atoms with Gasteiger partial charge in [0.2, 0.25) is 0 Å². The third kappa shape index (κ3) is 7.45. The number of hydrogen-bond donors (Lipinski definition) is 5. The molecule has 0 aromatic heterocycles. The summed E-state index contributed by atoms with van der Waals surface area (Å²) in [6.07, 6.45) is -5.54. The van der Waals surface area contributed by atoms with Gasteiger partial charge in [-0.25, -0.2) is 4.79 Å². The Labute approximate surface area is 222 Å². The van der Waals surface area contributed by atoms with Crippen LogP contribution in [0.1, 0.15) is 27.6 Å². The van der Waals surface area contributed by atoms with Crippen LogP contribution in [-0.4, -0.2) is 77.2 Å². The molecule has 10 heteroatoms. The minimum Gasteiger partial charge on any atom is -0.465 e. The van der Waals surface area contributed by atoms with Crippen LogP contribution in [0.4, 0.5) is 0 Å². The van der Waals surface area contributed by atoms with Gasteiger partial charge < -0.3 is 35.2 Å². The first-order valence-electron chi connectivity index (χ1n) is 12.0. The number of hydrogen-bond acceptors (Lipinski definition) is 8. The SMILES string of the molecule is COC(=O)c1ccc(C(=O)NCC(O)[C@H](O)C(CO)OC(C)O)cc1P(c1ccccc1)c1ccccc1. The second kappa shape index (κ2) is 14.1. The second-order valence-electron chi connectivity index (χ2n) is 8.45. The van der Waals surface area contributed by atoms with Gasteiger partial charge in [-0.3, -0.25) is 4.79 Å². The van der Waals surface area contributed by atoms with Gasteiger partial charge in [0.05, 0.1) is 25.4 Å². The average molecular weight is 542 g/mol. The molecule has 3 aromatic carbocycles. The monoisotopic (exact) mass is 541 g/mol. The first-order valence-corrected chi connectivity index (χ1v) is 13.3. The topological polar surface area (TPSA) is 146 Å². The van der Waals surface area contributed by atoms with E-state index in [0.717, 1.165) is 10.6 Å². The summed E-state index contributed by atoms with van der Waals surface area (Å²) in [5.41, 5.74) is 0.576. The molecule has 0 radical (unpaired) electrons. The van der Waals surface area contributed by atoms with Gasteiger partial charge in [-0.2, -0.15) is 0 Å². The van der Waals surface area contributed by atoms with Crippen LogP contribution < -0.4 is 21.2 Å². The Morgan fingerprint density at radius 1 is 0.921 bits per heavy atom. The molecule has 9 nitrogen and oxygen atoms in total. The Kier molecular flexibility index (Phi) is 10.9. The van der Waals surface area contributed by atoms with Gasteiger partial charge in [0, 0.05) is 17.4 Å². The fourth-order valence-corrected chi connectivity index (χ4v) is 6.34. The van der Waals surface area contributed by atoms with Crippen molar-refractivity contribution in [2.45, 2.75) is 31.5 Å². The molecule has 0 aliphatic rings. The van der Waals surface area contributed by atoms with E-state index < -0.39 is 51.0 Å². The van der Waals surface area contributed by atoms with E-state index in [4.69, 9.17) is 9.47 Å². The summed E-state index contributed by atoms with van der Waals surface area (Å²) in [5.74, 6) is -1.07. The van der Waals surface area contributed by atoms with Crippen LogP contribution in [0, 0.1) is 0 Å². The lowest BCUT2D eigenvalue weighted by molar-refractivity contribution is -0.182. The molecule has 0 bridgehead atoms. The van der Waals surface area contributed by atoms with E-state index in [2.05, 4.69) is 5.32 Å². The fraction of sp³-hybridized carbons (Fsp3) is 0.286. The van der Waals surface area contributed by atoms with Gasteiger partial charge in [0.25, 0.3) is 5.91 Å². The molecule has 202 valence electrons. The highest BCUT2D eigenvalue weighted by Crippen LogP contribution is 2.34. The van der Waals surface area contributed by atoms with Crippen molar-refractivity contribution in [2.24, 2.45) is 0 Å². The van der Waals surface area contributed by atoms with Crippen molar-refractivity contribution in [3.05, 3.63) is 90.0 Å². The molecule has 0 aliphatic heterocycles. The zero-order valence-electron chi connectivity index (χ0n) is 21.1. The molecule has 0 saturated heterocycles. The van der Waals surface area contributed by atoms with Crippen LogP contribution in [0.25, 0.3) is 0 Å². The molecule has 0 spiro atoms. The summed E-state index contributed by atoms with van der Waals surface area (Å²) in [7, 11) is 0.0636. The number of carbonyl (C=O) groups is 2. The van der Waals surface area contributed by atoms with Crippen LogP contribution in [0.5, 0.6) is 0 Å². The molecule has 5 N–H and O–H groups in total. The fourth-order valence-electron chi connectivity index (χ4n) is 3.87. The van der Waals surface area contributed by atoms with Gasteiger partial charge in [0.1, 0.15) is 12.2 Å². The number of rotatable bonds is 12. The summed E-state index contributed by atoms with van der Waals surface area (Å²) in [6.45, 7) is 0.316. The predicted molar refractivity (Wildman–Crippen MR) is 144 cm³/mol. The zero-order valence-corrected chi connectivity index (χ0v) is 22.0. The second-order valence-corrected chi connectivity index (χ2v) is 10.6. The number of carbonyl (C=O) groups excluding carboxylic acids is 2. The lowest BCUT2D eigenvalue weighted by atomic mass is 10.1. The smallest absolute Gasteiger partial charge is 0.338 e. The van der Waals surface area contributed by atoms with E-state index in [1.54, 1.807) is 12.1 Å². The Morgan fingerprint density at radius 3 is 2.00 bits per heavy atom. The molecule has 0 saturated carbocycles. The molecular weight excluding hydrogens is 509 g/mol. The lowest BCUT2D eigenvalue weighted by Crippen LogP contribution is -2.47. The highest BCUT2D eigenvalue weighted by atomic mass is 31.1. The highest BCUT2D eigenvalue weighted by molar-refractivity contribution is 7.80. The summed E-state index contributed by atoms with van der Waals surface area (Å²) in [4.78, 5) is 25.8. The highest BCUT2D eigenvalue weighted by Gasteiger charge is 2.29. The zero-order chi connectivity index (χ0) is 27.7. The van der Waals surface area contributed by atoms with Crippen molar-refractivity contribution in [1.82, 2.24) is 5.32 Å². The number of esters is 1. The molecule has 3 unspecified atom stereocenters. The number of benzene rings is 3. The standard InChI is InChI=1S/C28H32NO8P/c1-18(31)37-24(17-30)26(33)23(32)16-29-27(34)19-13-14-22(28(35)36-2)25(15-19)38(20-9-5-3-6-10-20)21-11-7-4-8-12-21/h3-15,18,23-24,26,30-33H,16-17H2,1-2H3,(H,29,34)/t18?,23?,24?,26-/m0/s1. The molecule has 1 amide bonds. The lowest BCUT2D eigenvalue weighted by Gasteiger charge is -2.26. The van der Waals surface area contributed by atoms with E-state index in [1.807, 2.05) is 60.7 Å². The molecule has 0 aliphatic carbocycles. The normalized spacial score (nSPS) is 14.4. The van der Waals surface area contributed by atoms with Crippen molar-refractivity contribution in [3.8, 4) is 0 Å². The quantitative estimate of drug-likeness (QED) is 0.126. The largest absolute Gasteiger partial charge is 0.465 e. The number of amides is 1. The van der Waals surface area contributed by atoms with E-state index in [1.165, 1.54) is 20.1 Å². The van der Waals surface area contributed by atoms with E-state index >= 15 is 0 Å². The molecule has 3 aromatic rings. The van der Waals surface area contributed by atoms with Crippen LogP contribution in [0.3, 0.4) is 0 Å². The van der Waals surface area contributed by atoms with Gasteiger partial charge in [-0.15, -0.1) is 0 Å². The Hall–Kier alpha value is -3.17. The van der Waals surface area contributed by atoms with Crippen molar-refractivity contribution in [3.63, 3.8) is 0 Å². The molecule has 0 fully saturated rings. The minimum absolute atomic E-state index is 0.243. The Bertz CT molecular complexity index is 1150. The Morgan fingerprint density at radius 2 is 1.50 bits per heavy atom. The maximum absolute atomic E-state index is 13.1. The summed E-state index contributed by atoms with van der Waals surface area (Å²) >= 11 is 0. The predicted octanol–water partition coefficient (Wildman–Crippen LogP) is 0.399. The third-order valence-corrected chi connectivity index (χ3v) is 8.21.